The summed E-state index contributed by atoms with van der Waals surface area (Å²) in [7, 11) is 0. The smallest absolute Gasteiger partial charge is 0.133 e. The van der Waals surface area contributed by atoms with E-state index < -0.39 is 0 Å². The van der Waals surface area contributed by atoms with Gasteiger partial charge in [0.1, 0.15) is 18.2 Å². The molecule has 18 heavy (non-hydrogen) atoms. The maximum atomic E-state index is 12.9. The average molecular weight is 316 g/mol. The molecule has 0 radical (unpaired) electrons. The Morgan fingerprint density at radius 3 is 2.78 bits per heavy atom. The second-order valence-corrected chi connectivity index (χ2v) is 5.57. The van der Waals surface area contributed by atoms with Crippen LogP contribution in [0, 0.1) is 5.82 Å². The molecule has 1 fully saturated rings. The Kier molecular flexibility index (Phi) is 5.45. The molecular weight excluding hydrogens is 297 g/mol. The monoisotopic (exact) mass is 315 g/mol. The second-order valence-electron chi connectivity index (χ2n) is 4.71. The maximum absolute atomic E-state index is 12.9. The number of rotatable bonds is 5. The van der Waals surface area contributed by atoms with Crippen LogP contribution in [-0.2, 0) is 0 Å². The third-order valence-electron chi connectivity index (χ3n) is 3.29. The van der Waals surface area contributed by atoms with E-state index in [-0.39, 0.29) is 5.82 Å². The van der Waals surface area contributed by atoms with Crippen molar-refractivity contribution < 1.29 is 9.13 Å². The van der Waals surface area contributed by atoms with Crippen molar-refractivity contribution in [2.24, 2.45) is 0 Å². The predicted octanol–water partition coefficient (Wildman–Crippen LogP) is 3.89. The Bertz CT molecular complexity index is 380. The minimum Gasteiger partial charge on any atom is -0.491 e. The summed E-state index contributed by atoms with van der Waals surface area (Å²) in [4.78, 5) is 0. The van der Waals surface area contributed by atoms with Gasteiger partial charge >= 0.3 is 0 Å². The molecule has 2 nitrogen and oxygen atoms in total. The largest absolute Gasteiger partial charge is 0.491 e. The molecule has 0 bridgehead atoms. The molecule has 1 saturated carbocycles. The van der Waals surface area contributed by atoms with E-state index in [1.807, 2.05) is 0 Å². The molecule has 0 amide bonds. The van der Waals surface area contributed by atoms with Gasteiger partial charge in [0.25, 0.3) is 0 Å². The normalized spacial score (nSPS) is 16.8. The van der Waals surface area contributed by atoms with E-state index in [4.69, 9.17) is 4.74 Å². The molecule has 1 aromatic carbocycles. The van der Waals surface area contributed by atoms with E-state index in [2.05, 4.69) is 21.2 Å². The highest BCUT2D eigenvalue weighted by Gasteiger charge is 2.12. The van der Waals surface area contributed by atoms with E-state index in [0.717, 1.165) is 6.54 Å². The first-order valence-corrected chi connectivity index (χ1v) is 7.36. The predicted molar refractivity (Wildman–Crippen MR) is 74.5 cm³/mol. The van der Waals surface area contributed by atoms with Crippen LogP contribution in [0.15, 0.2) is 22.7 Å². The van der Waals surface area contributed by atoms with Gasteiger partial charge in [-0.3, -0.25) is 0 Å². The summed E-state index contributed by atoms with van der Waals surface area (Å²) in [5.74, 6) is 0.441. The Hall–Kier alpha value is -0.610. The summed E-state index contributed by atoms with van der Waals surface area (Å²) in [5.41, 5.74) is 0. The molecule has 100 valence electrons. The highest BCUT2D eigenvalue weighted by molar-refractivity contribution is 9.10. The number of nitrogens with one attached hydrogen (secondary N) is 1. The third-order valence-corrected chi connectivity index (χ3v) is 3.91. The molecule has 0 unspecified atom stereocenters. The van der Waals surface area contributed by atoms with Crippen LogP contribution >= 0.6 is 15.9 Å². The molecule has 0 atom stereocenters. The zero-order chi connectivity index (χ0) is 12.8. The van der Waals surface area contributed by atoms with Gasteiger partial charge < -0.3 is 10.1 Å². The van der Waals surface area contributed by atoms with Gasteiger partial charge in [0.05, 0.1) is 4.47 Å². The lowest BCUT2D eigenvalue weighted by molar-refractivity contribution is 0.288. The fourth-order valence-electron chi connectivity index (χ4n) is 2.32. The van der Waals surface area contributed by atoms with Crippen LogP contribution in [0.2, 0.25) is 0 Å². The van der Waals surface area contributed by atoms with Crippen molar-refractivity contribution in [1.29, 1.82) is 0 Å². The fraction of sp³-hybridized carbons (Fsp3) is 0.571. The summed E-state index contributed by atoms with van der Waals surface area (Å²) in [6.45, 7) is 1.45. The van der Waals surface area contributed by atoms with Gasteiger partial charge in [-0.25, -0.2) is 4.39 Å². The molecule has 4 heteroatoms. The Morgan fingerprint density at radius 1 is 1.28 bits per heavy atom. The molecular formula is C14H19BrFNO. The van der Waals surface area contributed by atoms with Gasteiger partial charge in [0.15, 0.2) is 0 Å². The van der Waals surface area contributed by atoms with Gasteiger partial charge in [-0.15, -0.1) is 0 Å². The van der Waals surface area contributed by atoms with Crippen LogP contribution in [0.1, 0.15) is 32.1 Å². The Morgan fingerprint density at radius 2 is 2.06 bits per heavy atom. The molecule has 0 aromatic heterocycles. The van der Waals surface area contributed by atoms with E-state index in [9.17, 15) is 4.39 Å². The van der Waals surface area contributed by atoms with Crippen molar-refractivity contribution in [2.45, 2.75) is 38.1 Å². The molecule has 0 aliphatic heterocycles. The van der Waals surface area contributed by atoms with Crippen LogP contribution in [0.5, 0.6) is 5.75 Å². The van der Waals surface area contributed by atoms with Crippen molar-refractivity contribution in [3.8, 4) is 5.75 Å². The Labute approximate surface area is 116 Å². The van der Waals surface area contributed by atoms with Crippen molar-refractivity contribution >= 4 is 15.9 Å². The molecule has 0 heterocycles. The van der Waals surface area contributed by atoms with Gasteiger partial charge in [-0.05, 0) is 47.0 Å². The first kappa shape index (κ1) is 13.8. The lowest BCUT2D eigenvalue weighted by atomic mass is 9.96. The SMILES string of the molecule is Fc1ccc(OCCNC2CCCCC2)c(Br)c1. The Balaban J connectivity index is 1.68. The summed E-state index contributed by atoms with van der Waals surface area (Å²) >= 11 is 3.29. The van der Waals surface area contributed by atoms with Gasteiger partial charge in [0, 0.05) is 12.6 Å². The quantitative estimate of drug-likeness (QED) is 0.832. The van der Waals surface area contributed by atoms with Gasteiger partial charge in [0.2, 0.25) is 0 Å². The molecule has 1 aliphatic carbocycles. The van der Waals surface area contributed by atoms with Crippen LogP contribution in [0.4, 0.5) is 4.39 Å². The fourth-order valence-corrected chi connectivity index (χ4v) is 2.79. The van der Waals surface area contributed by atoms with E-state index in [1.165, 1.54) is 44.2 Å². The van der Waals surface area contributed by atoms with Gasteiger partial charge in [-0.1, -0.05) is 19.3 Å². The summed E-state index contributed by atoms with van der Waals surface area (Å²) in [6.07, 6.45) is 6.60. The standard InChI is InChI=1S/C14H19BrFNO/c15-13-10-11(16)6-7-14(13)18-9-8-17-12-4-2-1-3-5-12/h6-7,10,12,17H,1-5,8-9H2. The van der Waals surface area contributed by atoms with E-state index in [1.54, 1.807) is 6.07 Å². The minimum absolute atomic E-state index is 0.255. The molecule has 1 N–H and O–H groups in total. The number of benzene rings is 1. The highest BCUT2D eigenvalue weighted by atomic mass is 79.9. The van der Waals surface area contributed by atoms with Gasteiger partial charge in [-0.2, -0.15) is 0 Å². The molecule has 1 aliphatic rings. The van der Waals surface area contributed by atoms with Crippen LogP contribution < -0.4 is 10.1 Å². The first-order valence-electron chi connectivity index (χ1n) is 6.57. The molecule has 2 rings (SSSR count). The first-order chi connectivity index (χ1) is 8.75. The van der Waals surface area contributed by atoms with Crippen molar-refractivity contribution in [2.75, 3.05) is 13.2 Å². The zero-order valence-corrected chi connectivity index (χ0v) is 12.0. The number of ether oxygens (including phenoxy) is 1. The number of hydrogen-bond donors (Lipinski definition) is 1. The lowest BCUT2D eigenvalue weighted by Crippen LogP contribution is -2.34. The van der Waals surface area contributed by atoms with Crippen molar-refractivity contribution in [1.82, 2.24) is 5.32 Å². The van der Waals surface area contributed by atoms with E-state index >= 15 is 0 Å². The molecule has 1 aromatic rings. The minimum atomic E-state index is -0.255. The lowest BCUT2D eigenvalue weighted by Gasteiger charge is -2.22. The summed E-state index contributed by atoms with van der Waals surface area (Å²) in [6, 6.07) is 5.14. The van der Waals surface area contributed by atoms with E-state index in [0.29, 0.717) is 22.9 Å². The van der Waals surface area contributed by atoms with Crippen LogP contribution in [-0.4, -0.2) is 19.2 Å². The van der Waals surface area contributed by atoms with Crippen LogP contribution in [0.25, 0.3) is 0 Å². The molecule has 0 saturated heterocycles. The maximum Gasteiger partial charge on any atom is 0.133 e. The second kappa shape index (κ2) is 7.10. The average Bonchev–Trinajstić information content (AvgIpc) is 2.38. The van der Waals surface area contributed by atoms with Crippen LogP contribution in [0.3, 0.4) is 0 Å². The zero-order valence-electron chi connectivity index (χ0n) is 10.4. The number of hydrogen-bond acceptors (Lipinski definition) is 2. The molecule has 0 spiro atoms. The highest BCUT2D eigenvalue weighted by Crippen LogP contribution is 2.25. The number of halogens is 2. The summed E-state index contributed by atoms with van der Waals surface area (Å²) < 4.78 is 19.2. The van der Waals surface area contributed by atoms with Crippen molar-refractivity contribution in [3.63, 3.8) is 0 Å². The third kappa shape index (κ3) is 4.25. The topological polar surface area (TPSA) is 21.3 Å². The summed E-state index contributed by atoms with van der Waals surface area (Å²) in [5, 5.41) is 3.51. The van der Waals surface area contributed by atoms with Crippen molar-refractivity contribution in [3.05, 3.63) is 28.5 Å².